The zero-order chi connectivity index (χ0) is 14.5. The van der Waals surface area contributed by atoms with Gasteiger partial charge in [0.05, 0.1) is 23.1 Å². The smallest absolute Gasteiger partial charge is 0.288 e. The molecule has 1 aromatic carbocycles. The number of nitro groups is 1. The molecular formula is C13H14ClN3O3. The molecule has 1 heterocycles. The van der Waals surface area contributed by atoms with E-state index in [4.69, 9.17) is 16.3 Å². The predicted octanol–water partition coefficient (Wildman–Crippen LogP) is 3.43. The molecule has 0 aliphatic heterocycles. The largest absolute Gasteiger partial charge is 0.487 e. The summed E-state index contributed by atoms with van der Waals surface area (Å²) in [7, 11) is 0. The monoisotopic (exact) mass is 295 g/mol. The topological polar surface area (TPSA) is 70.2 Å². The van der Waals surface area contributed by atoms with Crippen molar-refractivity contribution in [2.75, 3.05) is 0 Å². The molecule has 0 radical (unpaired) electrons. The average molecular weight is 296 g/mol. The van der Waals surface area contributed by atoms with Gasteiger partial charge in [-0.2, -0.15) is 0 Å². The highest BCUT2D eigenvalue weighted by Crippen LogP contribution is 2.28. The van der Waals surface area contributed by atoms with E-state index in [0.29, 0.717) is 12.4 Å². The van der Waals surface area contributed by atoms with Crippen molar-refractivity contribution in [3.8, 4) is 5.75 Å². The van der Waals surface area contributed by atoms with Crippen LogP contribution in [-0.2, 0) is 13.2 Å². The van der Waals surface area contributed by atoms with Crippen LogP contribution >= 0.6 is 11.6 Å². The molecule has 0 aliphatic rings. The van der Waals surface area contributed by atoms with E-state index in [1.807, 2.05) is 4.57 Å². The van der Waals surface area contributed by atoms with Crippen LogP contribution in [0.15, 0.2) is 30.7 Å². The number of hydrogen-bond acceptors (Lipinski definition) is 4. The second-order valence-electron chi connectivity index (χ2n) is 4.24. The number of ether oxygens (including phenoxy) is 1. The SMILES string of the molecule is CCCn1cncc1COc1ccc([N+](=O)[O-])c(Cl)c1. The molecule has 0 spiro atoms. The molecule has 6 nitrogen and oxygen atoms in total. The molecule has 2 aromatic rings. The van der Waals surface area contributed by atoms with E-state index in [9.17, 15) is 10.1 Å². The van der Waals surface area contributed by atoms with Crippen molar-refractivity contribution in [2.45, 2.75) is 26.5 Å². The molecule has 0 N–H and O–H groups in total. The molecule has 0 fully saturated rings. The minimum atomic E-state index is -0.525. The zero-order valence-electron chi connectivity index (χ0n) is 11.0. The summed E-state index contributed by atoms with van der Waals surface area (Å²) in [5.74, 6) is 0.491. The van der Waals surface area contributed by atoms with E-state index in [0.717, 1.165) is 18.7 Å². The second kappa shape index (κ2) is 6.38. The fraction of sp³-hybridized carbons (Fsp3) is 0.308. The Kier molecular flexibility index (Phi) is 4.57. The highest BCUT2D eigenvalue weighted by molar-refractivity contribution is 6.32. The highest BCUT2D eigenvalue weighted by atomic mass is 35.5. The summed E-state index contributed by atoms with van der Waals surface area (Å²) in [4.78, 5) is 14.2. The Morgan fingerprint density at radius 3 is 2.95 bits per heavy atom. The fourth-order valence-electron chi connectivity index (χ4n) is 1.79. The minimum absolute atomic E-state index is 0.0644. The first kappa shape index (κ1) is 14.3. The molecule has 0 amide bonds. The summed E-state index contributed by atoms with van der Waals surface area (Å²) in [6.07, 6.45) is 4.50. The van der Waals surface area contributed by atoms with Crippen LogP contribution in [-0.4, -0.2) is 14.5 Å². The lowest BCUT2D eigenvalue weighted by atomic mass is 10.3. The molecule has 7 heteroatoms. The molecule has 0 atom stereocenters. The van der Waals surface area contributed by atoms with Gasteiger partial charge >= 0.3 is 0 Å². The fourth-order valence-corrected chi connectivity index (χ4v) is 2.03. The molecule has 0 saturated carbocycles. The summed E-state index contributed by atoms with van der Waals surface area (Å²) in [5.41, 5.74) is 0.816. The summed E-state index contributed by atoms with van der Waals surface area (Å²) >= 11 is 5.83. The summed E-state index contributed by atoms with van der Waals surface area (Å²) in [6.45, 7) is 3.30. The number of nitro benzene ring substituents is 1. The van der Waals surface area contributed by atoms with Crippen LogP contribution in [0.4, 0.5) is 5.69 Å². The number of nitrogens with zero attached hydrogens (tertiary/aromatic N) is 3. The Morgan fingerprint density at radius 1 is 1.50 bits per heavy atom. The van der Waals surface area contributed by atoms with Gasteiger partial charge < -0.3 is 9.30 Å². The third-order valence-corrected chi connectivity index (χ3v) is 3.07. The van der Waals surface area contributed by atoms with E-state index in [1.165, 1.54) is 18.2 Å². The van der Waals surface area contributed by atoms with Gasteiger partial charge in [0.2, 0.25) is 0 Å². The van der Waals surface area contributed by atoms with Crippen LogP contribution in [0.3, 0.4) is 0 Å². The molecule has 0 bridgehead atoms. The zero-order valence-corrected chi connectivity index (χ0v) is 11.7. The van der Waals surface area contributed by atoms with E-state index >= 15 is 0 Å². The van der Waals surface area contributed by atoms with Crippen molar-refractivity contribution in [1.29, 1.82) is 0 Å². The number of aromatic nitrogens is 2. The Balaban J connectivity index is 2.05. The highest BCUT2D eigenvalue weighted by Gasteiger charge is 2.12. The Morgan fingerprint density at radius 2 is 2.30 bits per heavy atom. The quantitative estimate of drug-likeness (QED) is 0.604. The lowest BCUT2D eigenvalue weighted by Gasteiger charge is -2.09. The van der Waals surface area contributed by atoms with Crippen molar-refractivity contribution in [2.24, 2.45) is 0 Å². The molecule has 0 unspecified atom stereocenters. The van der Waals surface area contributed by atoms with Crippen molar-refractivity contribution in [3.05, 3.63) is 51.6 Å². The van der Waals surface area contributed by atoms with Crippen LogP contribution in [0, 0.1) is 10.1 Å². The van der Waals surface area contributed by atoms with Crippen LogP contribution < -0.4 is 4.74 Å². The summed E-state index contributed by atoms with van der Waals surface area (Å²) in [5, 5.41) is 10.7. The van der Waals surface area contributed by atoms with Gasteiger partial charge in [-0.15, -0.1) is 0 Å². The van der Waals surface area contributed by atoms with Gasteiger partial charge in [0.1, 0.15) is 17.4 Å². The standard InChI is InChI=1S/C13H14ClN3O3/c1-2-5-16-9-15-7-10(16)8-20-11-3-4-13(17(18)19)12(14)6-11/h3-4,6-7,9H,2,5,8H2,1H3. The van der Waals surface area contributed by atoms with Crippen LogP contribution in [0.2, 0.25) is 5.02 Å². The number of imidazole rings is 1. The maximum atomic E-state index is 10.7. The van der Waals surface area contributed by atoms with Crippen molar-refractivity contribution < 1.29 is 9.66 Å². The molecule has 2 rings (SSSR count). The van der Waals surface area contributed by atoms with Gasteiger partial charge in [-0.3, -0.25) is 10.1 Å². The first-order valence-corrected chi connectivity index (χ1v) is 6.55. The maximum Gasteiger partial charge on any atom is 0.288 e. The minimum Gasteiger partial charge on any atom is -0.487 e. The van der Waals surface area contributed by atoms with Gasteiger partial charge in [-0.05, 0) is 12.5 Å². The molecule has 0 aliphatic carbocycles. The van der Waals surface area contributed by atoms with Crippen LogP contribution in [0.25, 0.3) is 0 Å². The lowest BCUT2D eigenvalue weighted by Crippen LogP contribution is -2.05. The van der Waals surface area contributed by atoms with Crippen molar-refractivity contribution >= 4 is 17.3 Å². The van der Waals surface area contributed by atoms with Gasteiger partial charge in [0.15, 0.2) is 0 Å². The average Bonchev–Trinajstić information content (AvgIpc) is 2.84. The Labute approximate surface area is 121 Å². The van der Waals surface area contributed by atoms with E-state index in [1.54, 1.807) is 12.5 Å². The van der Waals surface area contributed by atoms with Crippen LogP contribution in [0.5, 0.6) is 5.75 Å². The first-order valence-electron chi connectivity index (χ1n) is 6.17. The normalized spacial score (nSPS) is 10.5. The summed E-state index contributed by atoms with van der Waals surface area (Å²) < 4.78 is 7.59. The first-order chi connectivity index (χ1) is 9.61. The van der Waals surface area contributed by atoms with Crippen LogP contribution in [0.1, 0.15) is 19.0 Å². The molecule has 0 saturated heterocycles. The predicted molar refractivity (Wildman–Crippen MR) is 75.0 cm³/mol. The summed E-state index contributed by atoms with van der Waals surface area (Å²) in [6, 6.07) is 4.31. The molecule has 1 aromatic heterocycles. The number of rotatable bonds is 6. The van der Waals surface area contributed by atoms with Gasteiger partial charge in [0.25, 0.3) is 5.69 Å². The Hall–Kier alpha value is -2.08. The van der Waals surface area contributed by atoms with E-state index in [-0.39, 0.29) is 10.7 Å². The van der Waals surface area contributed by atoms with E-state index in [2.05, 4.69) is 11.9 Å². The third kappa shape index (κ3) is 3.27. The molecular weight excluding hydrogens is 282 g/mol. The lowest BCUT2D eigenvalue weighted by molar-refractivity contribution is -0.384. The Bertz CT molecular complexity index is 613. The number of hydrogen-bond donors (Lipinski definition) is 0. The van der Waals surface area contributed by atoms with Gasteiger partial charge in [-0.1, -0.05) is 18.5 Å². The maximum absolute atomic E-state index is 10.7. The number of benzene rings is 1. The second-order valence-corrected chi connectivity index (χ2v) is 4.64. The molecule has 106 valence electrons. The third-order valence-electron chi connectivity index (χ3n) is 2.77. The van der Waals surface area contributed by atoms with Gasteiger partial charge in [0, 0.05) is 18.7 Å². The van der Waals surface area contributed by atoms with Crippen molar-refractivity contribution in [1.82, 2.24) is 9.55 Å². The number of aryl methyl sites for hydroxylation is 1. The van der Waals surface area contributed by atoms with Crippen molar-refractivity contribution in [3.63, 3.8) is 0 Å². The molecule has 20 heavy (non-hydrogen) atoms. The van der Waals surface area contributed by atoms with E-state index < -0.39 is 4.92 Å². The number of halogens is 1. The van der Waals surface area contributed by atoms with Gasteiger partial charge in [-0.25, -0.2) is 4.98 Å².